The second-order valence-corrected chi connectivity index (χ2v) is 4.83. The van der Waals surface area contributed by atoms with Crippen LogP contribution in [0.15, 0.2) is 24.6 Å². The summed E-state index contributed by atoms with van der Waals surface area (Å²) in [7, 11) is 1.32. The molecule has 0 atom stereocenters. The minimum Gasteiger partial charge on any atom is -0.534 e. The van der Waals surface area contributed by atoms with E-state index >= 15 is 0 Å². The Hall–Kier alpha value is -1.89. The van der Waals surface area contributed by atoms with E-state index in [9.17, 15) is 0 Å². The number of hydrogen-bond donors (Lipinski definition) is 0. The Labute approximate surface area is 105 Å². The second-order valence-electron chi connectivity index (χ2n) is 4.83. The zero-order valence-corrected chi connectivity index (χ0v) is 10.5. The molecule has 92 valence electrons. The Balaban J connectivity index is 1.98. The first-order valence-electron chi connectivity index (χ1n) is 5.66. The van der Waals surface area contributed by atoms with Crippen molar-refractivity contribution in [3.63, 3.8) is 0 Å². The molecule has 0 saturated carbocycles. The van der Waals surface area contributed by atoms with Crippen LogP contribution in [0.1, 0.15) is 13.8 Å². The van der Waals surface area contributed by atoms with Gasteiger partial charge in [-0.25, -0.2) is 9.67 Å². The summed E-state index contributed by atoms with van der Waals surface area (Å²) in [5.74, 6) is 0.617. The van der Waals surface area contributed by atoms with Crippen LogP contribution in [0.25, 0.3) is 11.2 Å². The lowest BCUT2D eigenvalue weighted by molar-refractivity contribution is 0.173. The van der Waals surface area contributed by atoms with E-state index in [0.717, 1.165) is 16.6 Å². The van der Waals surface area contributed by atoms with E-state index in [2.05, 4.69) is 21.9 Å². The third-order valence-electron chi connectivity index (χ3n) is 3.06. The maximum absolute atomic E-state index is 5.79. The highest BCUT2D eigenvalue weighted by Crippen LogP contribution is 2.29. The molecule has 1 aliphatic rings. The van der Waals surface area contributed by atoms with Crippen LogP contribution in [0.2, 0.25) is 0 Å². The Morgan fingerprint density at radius 1 is 1.44 bits per heavy atom. The molecule has 3 heterocycles. The van der Waals surface area contributed by atoms with Gasteiger partial charge in [-0.3, -0.25) is 0 Å². The van der Waals surface area contributed by atoms with Crippen molar-refractivity contribution in [2.75, 3.05) is 0 Å². The summed E-state index contributed by atoms with van der Waals surface area (Å²) < 4.78 is 13.0. The van der Waals surface area contributed by atoms with Gasteiger partial charge in [0.2, 0.25) is 0 Å². The molecule has 1 fully saturated rings. The fourth-order valence-corrected chi connectivity index (χ4v) is 1.84. The van der Waals surface area contributed by atoms with E-state index in [1.54, 1.807) is 17.9 Å². The quantitative estimate of drug-likeness (QED) is 0.679. The van der Waals surface area contributed by atoms with Crippen molar-refractivity contribution in [2.45, 2.75) is 19.4 Å². The maximum atomic E-state index is 5.79. The molecule has 0 spiro atoms. The van der Waals surface area contributed by atoms with Gasteiger partial charge in [0.25, 0.3) is 0 Å². The van der Waals surface area contributed by atoms with Gasteiger partial charge in [0.05, 0.1) is 5.76 Å². The van der Waals surface area contributed by atoms with Crippen LogP contribution in [0, 0.1) is 0 Å². The van der Waals surface area contributed by atoms with E-state index < -0.39 is 12.7 Å². The Bertz CT molecular complexity index is 637. The highest BCUT2D eigenvalue weighted by atomic mass is 16.7. The van der Waals surface area contributed by atoms with Gasteiger partial charge in [-0.2, -0.15) is 0 Å². The first-order valence-corrected chi connectivity index (χ1v) is 5.66. The molecule has 0 amide bonds. The van der Waals surface area contributed by atoms with Crippen molar-refractivity contribution in [1.29, 1.82) is 0 Å². The van der Waals surface area contributed by atoms with E-state index in [4.69, 9.17) is 9.31 Å². The highest BCUT2D eigenvalue weighted by molar-refractivity contribution is 6.62. The van der Waals surface area contributed by atoms with Gasteiger partial charge in [0, 0.05) is 18.7 Å². The standard InChI is InChI=1S/C11H13BN4O2/c1-7-11(2,3)18-12(17-7)8-5-9-10(13-6-8)16(4)15-14-9/h5-6H,1H2,2-4H3. The Morgan fingerprint density at radius 2 is 2.22 bits per heavy atom. The largest absolute Gasteiger partial charge is 0.565 e. The first-order chi connectivity index (χ1) is 8.47. The number of aryl methyl sites for hydroxylation is 1. The minimum atomic E-state index is -0.484. The lowest BCUT2D eigenvalue weighted by Gasteiger charge is -2.15. The number of aromatic nitrogens is 4. The summed E-state index contributed by atoms with van der Waals surface area (Å²) in [5.41, 5.74) is 1.78. The average molecular weight is 244 g/mol. The number of nitrogens with zero attached hydrogens (tertiary/aromatic N) is 4. The lowest BCUT2D eigenvalue weighted by atomic mass is 9.80. The van der Waals surface area contributed by atoms with Gasteiger partial charge in [0.15, 0.2) is 5.65 Å². The maximum Gasteiger partial charge on any atom is 0.565 e. The van der Waals surface area contributed by atoms with Crippen LogP contribution in [-0.4, -0.2) is 32.7 Å². The average Bonchev–Trinajstić information content (AvgIpc) is 2.81. The molecule has 0 aromatic carbocycles. The van der Waals surface area contributed by atoms with Crippen LogP contribution < -0.4 is 5.46 Å². The zero-order valence-electron chi connectivity index (χ0n) is 10.5. The van der Waals surface area contributed by atoms with Crippen molar-refractivity contribution in [2.24, 2.45) is 7.05 Å². The minimum absolute atomic E-state index is 0.480. The number of fused-ring (bicyclic) bond motifs is 1. The molecular formula is C11H13BN4O2. The van der Waals surface area contributed by atoms with Gasteiger partial charge in [-0.1, -0.05) is 11.8 Å². The van der Waals surface area contributed by atoms with Gasteiger partial charge in [-0.15, -0.1) is 5.10 Å². The van der Waals surface area contributed by atoms with Crippen molar-refractivity contribution >= 4 is 23.7 Å². The molecule has 2 aromatic heterocycles. The predicted molar refractivity (Wildman–Crippen MR) is 67.1 cm³/mol. The number of rotatable bonds is 1. The van der Waals surface area contributed by atoms with Crippen LogP contribution >= 0.6 is 0 Å². The first kappa shape index (κ1) is 11.2. The molecule has 6 nitrogen and oxygen atoms in total. The summed E-state index contributed by atoms with van der Waals surface area (Å²) in [4.78, 5) is 4.31. The highest BCUT2D eigenvalue weighted by Gasteiger charge is 2.43. The van der Waals surface area contributed by atoms with Crippen LogP contribution in [-0.2, 0) is 16.4 Å². The summed E-state index contributed by atoms with van der Waals surface area (Å²) in [6.45, 7) is 7.69. The SMILES string of the molecule is C=C1OB(c2cnc3c(c2)nnn3C)OC1(C)C. The van der Waals surface area contributed by atoms with Crippen LogP contribution in [0.4, 0.5) is 0 Å². The Morgan fingerprint density at radius 3 is 2.89 bits per heavy atom. The smallest absolute Gasteiger partial charge is 0.534 e. The predicted octanol–water partition coefficient (Wildman–Crippen LogP) is 0.398. The summed E-state index contributed by atoms with van der Waals surface area (Å²) in [6, 6.07) is 1.87. The number of pyridine rings is 1. The van der Waals surface area contributed by atoms with Gasteiger partial charge >= 0.3 is 7.12 Å². The van der Waals surface area contributed by atoms with Crippen LogP contribution in [0.3, 0.4) is 0 Å². The number of hydrogen-bond acceptors (Lipinski definition) is 5. The van der Waals surface area contributed by atoms with E-state index in [1.165, 1.54) is 0 Å². The third-order valence-corrected chi connectivity index (χ3v) is 3.06. The van der Waals surface area contributed by atoms with Gasteiger partial charge in [0.1, 0.15) is 11.1 Å². The van der Waals surface area contributed by atoms with Crippen molar-refractivity contribution in [1.82, 2.24) is 20.0 Å². The van der Waals surface area contributed by atoms with Gasteiger partial charge < -0.3 is 9.31 Å². The molecule has 1 aliphatic heterocycles. The normalized spacial score (nSPS) is 18.4. The third kappa shape index (κ3) is 1.59. The fourth-order valence-electron chi connectivity index (χ4n) is 1.84. The summed E-state index contributed by atoms with van der Waals surface area (Å²) >= 11 is 0. The molecule has 0 N–H and O–H groups in total. The van der Waals surface area contributed by atoms with Crippen molar-refractivity contribution in [3.05, 3.63) is 24.6 Å². The van der Waals surface area contributed by atoms with E-state index in [1.807, 2.05) is 19.9 Å². The molecule has 18 heavy (non-hydrogen) atoms. The lowest BCUT2D eigenvalue weighted by Crippen LogP contribution is -2.34. The summed E-state index contributed by atoms with van der Waals surface area (Å²) in [5, 5.41) is 7.93. The van der Waals surface area contributed by atoms with Crippen molar-refractivity contribution in [3.8, 4) is 0 Å². The zero-order chi connectivity index (χ0) is 12.9. The van der Waals surface area contributed by atoms with Gasteiger partial charge in [-0.05, 0) is 19.9 Å². The van der Waals surface area contributed by atoms with E-state index in [0.29, 0.717) is 5.76 Å². The molecule has 0 unspecified atom stereocenters. The molecular weight excluding hydrogens is 231 g/mol. The molecule has 0 aliphatic carbocycles. The monoisotopic (exact) mass is 244 g/mol. The topological polar surface area (TPSA) is 62.1 Å². The van der Waals surface area contributed by atoms with Crippen molar-refractivity contribution < 1.29 is 9.31 Å². The molecule has 1 saturated heterocycles. The molecule has 2 aromatic rings. The molecule has 7 heteroatoms. The van der Waals surface area contributed by atoms with E-state index in [-0.39, 0.29) is 0 Å². The Kier molecular flexibility index (Phi) is 2.21. The van der Waals surface area contributed by atoms with Crippen LogP contribution in [0.5, 0.6) is 0 Å². The summed E-state index contributed by atoms with van der Waals surface area (Å²) in [6.07, 6.45) is 1.71. The molecule has 0 radical (unpaired) electrons. The molecule has 0 bridgehead atoms. The second kappa shape index (κ2) is 3.55. The molecule has 3 rings (SSSR count). The fraction of sp³-hybridized carbons (Fsp3) is 0.364.